The molecule has 1 N–H and O–H groups in total. The maximum atomic E-state index is 12.0. The first-order valence-corrected chi connectivity index (χ1v) is 11.8. The van der Waals surface area contributed by atoms with Gasteiger partial charge in [-0.2, -0.15) is 0 Å². The van der Waals surface area contributed by atoms with Crippen LogP contribution in [-0.4, -0.2) is 31.9 Å². The second-order valence-electron chi connectivity index (χ2n) is 7.11. The molecule has 7 heteroatoms. The lowest BCUT2D eigenvalue weighted by Gasteiger charge is -2.07. The average Bonchev–Trinajstić information content (AvgIpc) is 2.64. The Kier molecular flexibility index (Phi) is 13.1. The van der Waals surface area contributed by atoms with Crippen molar-refractivity contribution in [1.29, 1.82) is 0 Å². The van der Waals surface area contributed by atoms with E-state index in [1.54, 1.807) is 6.92 Å². The summed E-state index contributed by atoms with van der Waals surface area (Å²) >= 11 is 0. The van der Waals surface area contributed by atoms with Crippen LogP contribution in [0.2, 0.25) is 0 Å². The number of nitrogens with one attached hydrogen (secondary N) is 1. The summed E-state index contributed by atoms with van der Waals surface area (Å²) in [6.45, 7) is 4.28. The second-order valence-corrected chi connectivity index (χ2v) is 8.80. The lowest BCUT2D eigenvalue weighted by atomic mass is 10.1. The number of aromatic nitrogens is 2. The summed E-state index contributed by atoms with van der Waals surface area (Å²) < 4.78 is 18.7. The van der Waals surface area contributed by atoms with E-state index in [1.165, 1.54) is 62.1 Å². The first-order chi connectivity index (χ1) is 13.0. The molecule has 156 valence electrons. The number of aromatic amines is 1. The van der Waals surface area contributed by atoms with E-state index in [1.807, 2.05) is 0 Å². The molecule has 0 aliphatic rings. The average molecular weight is 401 g/mol. The topological polar surface area (TPSA) is 81.2 Å². The largest absolute Gasteiger partial charge is 0.360 e. The molecule has 0 fully saturated rings. The first kappa shape index (κ1) is 23.8. The zero-order chi connectivity index (χ0) is 19.9. The molecule has 0 aliphatic heterocycles. The maximum Gasteiger partial charge on any atom is 0.330 e. The normalized spacial score (nSPS) is 12.4. The van der Waals surface area contributed by atoms with Gasteiger partial charge in [0, 0.05) is 34.1 Å². The fourth-order valence-corrected chi connectivity index (χ4v) is 3.92. The Hall–Kier alpha value is -1.21. The first-order valence-electron chi connectivity index (χ1n) is 10.3. The van der Waals surface area contributed by atoms with Gasteiger partial charge in [-0.15, -0.1) is 0 Å². The van der Waals surface area contributed by atoms with Gasteiger partial charge in [0.2, 0.25) is 0 Å². The Morgan fingerprint density at radius 2 is 1.56 bits per heavy atom. The number of rotatable bonds is 16. The van der Waals surface area contributed by atoms with Crippen LogP contribution in [-0.2, 0) is 22.3 Å². The molecule has 0 radical (unpaired) electrons. The summed E-state index contributed by atoms with van der Waals surface area (Å²) in [5.74, 6) is 1.20. The highest BCUT2D eigenvalue weighted by atomic mass is 32.2. The lowest BCUT2D eigenvalue weighted by Crippen LogP contribution is -2.31. The number of ether oxygens (including phenoxy) is 1. The van der Waals surface area contributed by atoms with Crippen LogP contribution in [0, 0.1) is 6.92 Å². The van der Waals surface area contributed by atoms with E-state index in [-0.39, 0.29) is 12.3 Å². The fourth-order valence-electron chi connectivity index (χ4n) is 2.88. The van der Waals surface area contributed by atoms with E-state index < -0.39 is 16.5 Å². The van der Waals surface area contributed by atoms with Gasteiger partial charge in [0.05, 0.1) is 6.61 Å². The van der Waals surface area contributed by atoms with Crippen LogP contribution in [0.5, 0.6) is 0 Å². The van der Waals surface area contributed by atoms with Crippen molar-refractivity contribution in [3.05, 3.63) is 32.6 Å². The number of unbranched alkanes of at least 4 members (excludes halogenated alkanes) is 9. The Morgan fingerprint density at radius 3 is 2.19 bits per heavy atom. The molecule has 0 saturated carbocycles. The molecule has 6 nitrogen and oxygen atoms in total. The highest BCUT2D eigenvalue weighted by Gasteiger charge is 2.03. The fraction of sp³-hybridized carbons (Fsp3) is 0.800. The van der Waals surface area contributed by atoms with Gasteiger partial charge in [-0.1, -0.05) is 64.7 Å². The molecule has 27 heavy (non-hydrogen) atoms. The summed E-state index contributed by atoms with van der Waals surface area (Å²) in [5, 5.41) is 0. The molecule has 1 heterocycles. The van der Waals surface area contributed by atoms with E-state index >= 15 is 0 Å². The Balaban J connectivity index is 2.00. The minimum Gasteiger partial charge on any atom is -0.360 e. The van der Waals surface area contributed by atoms with Crippen LogP contribution < -0.4 is 11.2 Å². The highest BCUT2D eigenvalue weighted by molar-refractivity contribution is 7.84. The summed E-state index contributed by atoms with van der Waals surface area (Å²) in [5.41, 5.74) is -0.409. The van der Waals surface area contributed by atoms with Crippen molar-refractivity contribution in [3.8, 4) is 0 Å². The SMILES string of the molecule is CCCCCCCCCCCCS(=O)CCOCn1cc(C)c(=O)[nH]c1=O. The number of H-pyrrole nitrogens is 1. The molecule has 1 atom stereocenters. The van der Waals surface area contributed by atoms with Crippen molar-refractivity contribution >= 4 is 10.8 Å². The van der Waals surface area contributed by atoms with Crippen molar-refractivity contribution in [3.63, 3.8) is 0 Å². The van der Waals surface area contributed by atoms with E-state index in [0.717, 1.165) is 18.6 Å². The molecular formula is C20H36N2O4S. The Labute approximate surface area is 165 Å². The standard InChI is InChI=1S/C20H36N2O4S/c1-3-4-5-6-7-8-9-10-11-12-14-27(25)15-13-26-17-22-16-18(2)19(23)21-20(22)24/h16H,3-15,17H2,1-2H3,(H,21,23,24). The van der Waals surface area contributed by atoms with Crippen molar-refractivity contribution < 1.29 is 8.95 Å². The predicted octanol–water partition coefficient (Wildman–Crippen LogP) is 3.49. The minimum absolute atomic E-state index is 0.0614. The molecule has 0 aliphatic carbocycles. The van der Waals surface area contributed by atoms with Crippen molar-refractivity contribution in [2.75, 3.05) is 18.1 Å². The molecule has 1 rings (SSSR count). The van der Waals surface area contributed by atoms with Gasteiger partial charge >= 0.3 is 5.69 Å². The molecule has 0 amide bonds. The van der Waals surface area contributed by atoms with Gasteiger partial charge in [0.15, 0.2) is 0 Å². The van der Waals surface area contributed by atoms with Crippen molar-refractivity contribution in [2.45, 2.75) is 84.8 Å². The molecular weight excluding hydrogens is 364 g/mol. The van der Waals surface area contributed by atoms with Gasteiger partial charge in [-0.05, 0) is 13.3 Å². The van der Waals surface area contributed by atoms with Gasteiger partial charge in [-0.3, -0.25) is 18.6 Å². The third kappa shape index (κ3) is 11.3. The van der Waals surface area contributed by atoms with Crippen LogP contribution in [0.3, 0.4) is 0 Å². The van der Waals surface area contributed by atoms with Crippen LogP contribution in [0.1, 0.15) is 76.7 Å². The zero-order valence-electron chi connectivity index (χ0n) is 17.0. The summed E-state index contributed by atoms with van der Waals surface area (Å²) in [4.78, 5) is 25.1. The monoisotopic (exact) mass is 400 g/mol. The van der Waals surface area contributed by atoms with Crippen LogP contribution >= 0.6 is 0 Å². The van der Waals surface area contributed by atoms with E-state index in [0.29, 0.717) is 17.9 Å². The maximum absolute atomic E-state index is 12.0. The molecule has 1 aromatic rings. The molecule has 1 aromatic heterocycles. The highest BCUT2D eigenvalue weighted by Crippen LogP contribution is 2.10. The van der Waals surface area contributed by atoms with E-state index in [2.05, 4.69) is 11.9 Å². The van der Waals surface area contributed by atoms with Gasteiger partial charge in [-0.25, -0.2) is 4.79 Å². The van der Waals surface area contributed by atoms with Crippen LogP contribution in [0.4, 0.5) is 0 Å². The van der Waals surface area contributed by atoms with Crippen LogP contribution in [0.15, 0.2) is 15.8 Å². The van der Waals surface area contributed by atoms with Crippen molar-refractivity contribution in [2.24, 2.45) is 0 Å². The predicted molar refractivity (Wildman–Crippen MR) is 112 cm³/mol. The number of aryl methyl sites for hydroxylation is 1. The third-order valence-corrected chi connectivity index (χ3v) is 5.97. The summed E-state index contributed by atoms with van der Waals surface area (Å²) in [6.07, 6.45) is 14.2. The van der Waals surface area contributed by atoms with E-state index in [9.17, 15) is 13.8 Å². The van der Waals surface area contributed by atoms with Gasteiger partial charge in [0.25, 0.3) is 5.56 Å². The lowest BCUT2D eigenvalue weighted by molar-refractivity contribution is 0.0858. The third-order valence-electron chi connectivity index (χ3n) is 4.60. The second kappa shape index (κ2) is 14.8. The van der Waals surface area contributed by atoms with Crippen LogP contribution in [0.25, 0.3) is 0 Å². The minimum atomic E-state index is -0.874. The zero-order valence-corrected chi connectivity index (χ0v) is 17.8. The van der Waals surface area contributed by atoms with E-state index in [4.69, 9.17) is 4.74 Å². The van der Waals surface area contributed by atoms with Crippen molar-refractivity contribution in [1.82, 2.24) is 9.55 Å². The molecule has 1 unspecified atom stereocenters. The number of nitrogens with zero attached hydrogens (tertiary/aromatic N) is 1. The van der Waals surface area contributed by atoms with Gasteiger partial charge < -0.3 is 4.74 Å². The number of hydrogen-bond donors (Lipinski definition) is 1. The summed E-state index contributed by atoms with van der Waals surface area (Å²) in [6, 6.07) is 0. The summed E-state index contributed by atoms with van der Waals surface area (Å²) in [7, 11) is -0.874. The molecule has 0 saturated heterocycles. The quantitative estimate of drug-likeness (QED) is 0.431. The Bertz CT molecular complexity index is 654. The molecule has 0 bridgehead atoms. The molecule has 0 aromatic carbocycles. The Morgan fingerprint density at radius 1 is 0.963 bits per heavy atom. The number of hydrogen-bond acceptors (Lipinski definition) is 4. The molecule has 0 spiro atoms. The van der Waals surface area contributed by atoms with Gasteiger partial charge in [0.1, 0.15) is 6.73 Å². The smallest absolute Gasteiger partial charge is 0.330 e.